The second-order valence-electron chi connectivity index (χ2n) is 3.50. The third kappa shape index (κ3) is 1.48. The smallest absolute Gasteiger partial charge is 0.381 e. The number of nitro groups is 1. The van der Waals surface area contributed by atoms with Crippen molar-refractivity contribution in [1.82, 2.24) is 9.55 Å². The Morgan fingerprint density at radius 3 is 2.93 bits per heavy atom. The molecule has 1 aliphatic rings. The van der Waals surface area contributed by atoms with Gasteiger partial charge in [0, 0.05) is 0 Å². The van der Waals surface area contributed by atoms with Gasteiger partial charge in [-0.25, -0.2) is 0 Å². The molecule has 1 aliphatic carbocycles. The normalized spacial score (nSPS) is 26.6. The summed E-state index contributed by atoms with van der Waals surface area (Å²) in [5, 5.41) is 19.9. The molecule has 1 heterocycles. The predicted octanol–water partition coefficient (Wildman–Crippen LogP) is 0.877. The zero-order valence-electron chi connectivity index (χ0n) is 7.54. The molecule has 1 aromatic heterocycles. The minimum Gasteiger partial charge on any atom is -0.391 e. The van der Waals surface area contributed by atoms with Crippen LogP contribution in [0.3, 0.4) is 0 Å². The highest BCUT2D eigenvalue weighted by atomic mass is 16.6. The number of aliphatic hydroxyl groups is 1. The molecule has 1 fully saturated rings. The molecule has 1 saturated carbocycles. The van der Waals surface area contributed by atoms with Gasteiger partial charge in [-0.2, -0.15) is 0 Å². The van der Waals surface area contributed by atoms with Crippen LogP contribution in [-0.2, 0) is 0 Å². The Labute approximate surface area is 80.3 Å². The molecular formula is C8H11N3O3. The monoisotopic (exact) mass is 197 g/mol. The second-order valence-corrected chi connectivity index (χ2v) is 3.50. The van der Waals surface area contributed by atoms with Gasteiger partial charge in [0.2, 0.25) is 6.33 Å². The Kier molecular flexibility index (Phi) is 2.20. The van der Waals surface area contributed by atoms with Gasteiger partial charge < -0.3 is 19.8 Å². The van der Waals surface area contributed by atoms with E-state index in [0.29, 0.717) is 0 Å². The molecule has 0 amide bonds. The van der Waals surface area contributed by atoms with Crippen molar-refractivity contribution in [3.8, 4) is 0 Å². The fraction of sp³-hybridized carbons (Fsp3) is 0.625. The van der Waals surface area contributed by atoms with Crippen molar-refractivity contribution in [2.45, 2.75) is 31.4 Å². The summed E-state index contributed by atoms with van der Waals surface area (Å²) in [6.07, 6.45) is 4.96. The molecule has 0 unspecified atom stereocenters. The minimum atomic E-state index is -0.530. The molecule has 2 atom stereocenters. The Bertz CT molecular complexity index is 349. The Balaban J connectivity index is 2.20. The molecule has 6 heteroatoms. The standard InChI is InChI=1S/C8H11N3O3/c12-7-3-1-2-6(7)10-4-8(9-5-10)11(13)14/h4-7,12H,1-3H2/t6-,7-/m1/s1. The van der Waals surface area contributed by atoms with Crippen molar-refractivity contribution < 1.29 is 10.0 Å². The number of rotatable bonds is 2. The lowest BCUT2D eigenvalue weighted by atomic mass is 10.2. The molecule has 0 saturated heterocycles. The SMILES string of the molecule is O=[N+]([O-])c1cn([C@@H]2CCC[C@H]2O)cn1. The quantitative estimate of drug-likeness (QED) is 0.563. The molecule has 14 heavy (non-hydrogen) atoms. The summed E-state index contributed by atoms with van der Waals surface area (Å²) < 4.78 is 1.63. The molecular weight excluding hydrogens is 186 g/mol. The number of nitrogens with zero attached hydrogens (tertiary/aromatic N) is 3. The first-order chi connectivity index (χ1) is 6.68. The molecule has 1 aromatic rings. The van der Waals surface area contributed by atoms with Gasteiger partial charge in [-0.3, -0.25) is 0 Å². The van der Waals surface area contributed by atoms with Crippen molar-refractivity contribution in [3.63, 3.8) is 0 Å². The number of aliphatic hydroxyl groups excluding tert-OH is 1. The molecule has 0 aliphatic heterocycles. The third-order valence-corrected chi connectivity index (χ3v) is 2.60. The summed E-state index contributed by atoms with van der Waals surface area (Å²) in [4.78, 5) is 13.5. The number of hydrogen-bond acceptors (Lipinski definition) is 4. The van der Waals surface area contributed by atoms with Crippen LogP contribution in [0.2, 0.25) is 0 Å². The average Bonchev–Trinajstić information content (AvgIpc) is 2.71. The molecule has 1 N–H and O–H groups in total. The Morgan fingerprint density at radius 1 is 1.64 bits per heavy atom. The van der Waals surface area contributed by atoms with Crippen molar-refractivity contribution in [1.29, 1.82) is 0 Å². The fourth-order valence-electron chi connectivity index (χ4n) is 1.87. The van der Waals surface area contributed by atoms with Gasteiger partial charge in [0.1, 0.15) is 6.20 Å². The minimum absolute atomic E-state index is 0.0452. The lowest BCUT2D eigenvalue weighted by Gasteiger charge is -2.13. The maximum absolute atomic E-state index is 10.4. The first-order valence-corrected chi connectivity index (χ1v) is 4.54. The van der Waals surface area contributed by atoms with Crippen molar-refractivity contribution in [2.75, 3.05) is 0 Å². The predicted molar refractivity (Wildman–Crippen MR) is 47.8 cm³/mol. The third-order valence-electron chi connectivity index (χ3n) is 2.60. The van der Waals surface area contributed by atoms with E-state index in [9.17, 15) is 15.2 Å². The van der Waals surface area contributed by atoms with Gasteiger partial charge in [0.25, 0.3) is 0 Å². The van der Waals surface area contributed by atoms with Gasteiger partial charge in [-0.05, 0) is 29.2 Å². The highest BCUT2D eigenvalue weighted by Crippen LogP contribution is 2.30. The molecule has 76 valence electrons. The van der Waals surface area contributed by atoms with E-state index >= 15 is 0 Å². The van der Waals surface area contributed by atoms with Crippen LogP contribution in [0.4, 0.5) is 5.82 Å². The lowest BCUT2D eigenvalue weighted by molar-refractivity contribution is -0.389. The van der Waals surface area contributed by atoms with E-state index in [-0.39, 0.29) is 11.9 Å². The van der Waals surface area contributed by atoms with Gasteiger partial charge >= 0.3 is 5.82 Å². The molecule has 0 radical (unpaired) electrons. The summed E-state index contributed by atoms with van der Waals surface area (Å²) in [5.41, 5.74) is 0. The van der Waals surface area contributed by atoms with Crippen LogP contribution in [0.25, 0.3) is 0 Å². The van der Waals surface area contributed by atoms with Crippen molar-refractivity contribution in [3.05, 3.63) is 22.6 Å². The highest BCUT2D eigenvalue weighted by Gasteiger charge is 2.28. The fourth-order valence-corrected chi connectivity index (χ4v) is 1.87. The first-order valence-electron chi connectivity index (χ1n) is 4.54. The van der Waals surface area contributed by atoms with Crippen molar-refractivity contribution in [2.24, 2.45) is 0 Å². The molecule has 0 spiro atoms. The van der Waals surface area contributed by atoms with E-state index in [4.69, 9.17) is 0 Å². The second kappa shape index (κ2) is 3.38. The molecule has 0 aromatic carbocycles. The topological polar surface area (TPSA) is 81.2 Å². The van der Waals surface area contributed by atoms with Crippen LogP contribution < -0.4 is 0 Å². The van der Waals surface area contributed by atoms with Gasteiger partial charge in [0.05, 0.1) is 12.1 Å². The van der Waals surface area contributed by atoms with Crippen LogP contribution in [0, 0.1) is 10.1 Å². The van der Waals surface area contributed by atoms with Crippen LogP contribution in [0.15, 0.2) is 12.5 Å². The van der Waals surface area contributed by atoms with Crippen LogP contribution in [-0.4, -0.2) is 25.7 Å². The molecule has 0 bridgehead atoms. The van der Waals surface area contributed by atoms with Crippen LogP contribution in [0.5, 0.6) is 0 Å². The molecule has 2 rings (SSSR count). The zero-order valence-corrected chi connectivity index (χ0v) is 7.54. The number of hydrogen-bond donors (Lipinski definition) is 1. The summed E-state index contributed by atoms with van der Waals surface area (Å²) >= 11 is 0. The largest absolute Gasteiger partial charge is 0.391 e. The lowest BCUT2D eigenvalue weighted by Crippen LogP contribution is -2.16. The average molecular weight is 197 g/mol. The highest BCUT2D eigenvalue weighted by molar-refractivity contribution is 5.13. The van der Waals surface area contributed by atoms with E-state index in [1.807, 2.05) is 0 Å². The first kappa shape index (κ1) is 9.14. The van der Waals surface area contributed by atoms with E-state index in [1.165, 1.54) is 12.5 Å². The molecule has 6 nitrogen and oxygen atoms in total. The maximum atomic E-state index is 10.4. The van der Waals surface area contributed by atoms with E-state index in [2.05, 4.69) is 4.98 Å². The maximum Gasteiger partial charge on any atom is 0.381 e. The van der Waals surface area contributed by atoms with Crippen molar-refractivity contribution >= 4 is 5.82 Å². The summed E-state index contributed by atoms with van der Waals surface area (Å²) in [7, 11) is 0. The van der Waals surface area contributed by atoms with Gasteiger partial charge in [-0.1, -0.05) is 0 Å². The van der Waals surface area contributed by atoms with E-state index in [0.717, 1.165) is 19.3 Å². The van der Waals surface area contributed by atoms with Crippen LogP contribution in [0.1, 0.15) is 25.3 Å². The Morgan fingerprint density at radius 2 is 2.43 bits per heavy atom. The van der Waals surface area contributed by atoms with Gasteiger partial charge in [0.15, 0.2) is 0 Å². The summed E-state index contributed by atoms with van der Waals surface area (Å²) in [5.74, 6) is -0.163. The van der Waals surface area contributed by atoms with Crippen LogP contribution >= 0.6 is 0 Å². The number of imidazole rings is 1. The number of aromatic nitrogens is 2. The zero-order chi connectivity index (χ0) is 10.1. The summed E-state index contributed by atoms with van der Waals surface area (Å²) in [6.45, 7) is 0. The van der Waals surface area contributed by atoms with E-state index < -0.39 is 11.0 Å². The van der Waals surface area contributed by atoms with Gasteiger partial charge in [-0.15, -0.1) is 0 Å². The summed E-state index contributed by atoms with van der Waals surface area (Å²) in [6, 6.07) is -0.0452. The Hall–Kier alpha value is -1.43. The van der Waals surface area contributed by atoms with E-state index in [1.54, 1.807) is 4.57 Å².